The second-order valence-corrected chi connectivity index (χ2v) is 5.96. The van der Waals surface area contributed by atoms with E-state index in [-0.39, 0.29) is 11.3 Å². The number of amides is 1. The number of fused-ring (bicyclic) bond motifs is 1. The average molecular weight is 275 g/mol. The lowest BCUT2D eigenvalue weighted by Crippen LogP contribution is -2.43. The molecule has 1 aromatic carbocycles. The minimum absolute atomic E-state index is 0.145. The summed E-state index contributed by atoms with van der Waals surface area (Å²) in [6.45, 7) is 7.04. The van der Waals surface area contributed by atoms with Gasteiger partial charge in [0.25, 0.3) is 0 Å². The average Bonchev–Trinajstić information content (AvgIpc) is 2.44. The molecule has 0 radical (unpaired) electrons. The second kappa shape index (κ2) is 5.27. The first kappa shape index (κ1) is 14.6. The van der Waals surface area contributed by atoms with E-state index >= 15 is 0 Å². The molecule has 0 saturated carbocycles. The predicted octanol–water partition coefficient (Wildman–Crippen LogP) is 2.71. The first-order valence-electron chi connectivity index (χ1n) is 7.00. The third kappa shape index (κ3) is 2.55. The Balaban J connectivity index is 2.27. The van der Waals surface area contributed by atoms with Gasteiger partial charge in [-0.05, 0) is 30.0 Å². The molecule has 1 aliphatic rings. The number of aromatic carboxylic acids is 1. The molecule has 4 nitrogen and oxygen atoms in total. The molecule has 4 heteroatoms. The van der Waals surface area contributed by atoms with Gasteiger partial charge < -0.3 is 10.0 Å². The Bertz CT molecular complexity index is 549. The first-order valence-corrected chi connectivity index (χ1v) is 7.00. The number of carboxylic acid groups (broad SMARTS) is 1. The molecule has 1 aliphatic heterocycles. The molecule has 0 atom stereocenters. The molecule has 1 heterocycles. The molecule has 20 heavy (non-hydrogen) atoms. The molecule has 1 N–H and O–H groups in total. The summed E-state index contributed by atoms with van der Waals surface area (Å²) in [6.07, 6.45) is 1.41. The maximum absolute atomic E-state index is 12.5. The maximum atomic E-state index is 12.5. The zero-order valence-electron chi connectivity index (χ0n) is 12.3. The SMILES string of the molecule is CCC(C)(C)C(=O)N1CCc2c(cccc2C(=O)O)C1. The molecule has 1 aromatic rings. The Labute approximate surface area is 119 Å². The lowest BCUT2D eigenvalue weighted by atomic mass is 9.86. The number of rotatable bonds is 3. The van der Waals surface area contributed by atoms with Crippen molar-refractivity contribution in [3.63, 3.8) is 0 Å². The van der Waals surface area contributed by atoms with E-state index in [2.05, 4.69) is 0 Å². The van der Waals surface area contributed by atoms with Crippen LogP contribution in [0.5, 0.6) is 0 Å². The van der Waals surface area contributed by atoms with Crippen LogP contribution in [0.1, 0.15) is 48.7 Å². The Hall–Kier alpha value is -1.84. The van der Waals surface area contributed by atoms with Gasteiger partial charge in [0.05, 0.1) is 5.56 Å². The highest BCUT2D eigenvalue weighted by molar-refractivity contribution is 5.90. The third-order valence-electron chi connectivity index (χ3n) is 4.25. The van der Waals surface area contributed by atoms with Crippen LogP contribution >= 0.6 is 0 Å². The molecule has 108 valence electrons. The fourth-order valence-corrected chi connectivity index (χ4v) is 2.56. The predicted molar refractivity (Wildman–Crippen MR) is 76.6 cm³/mol. The van der Waals surface area contributed by atoms with E-state index in [1.165, 1.54) is 0 Å². The highest BCUT2D eigenvalue weighted by atomic mass is 16.4. The molecule has 0 saturated heterocycles. The summed E-state index contributed by atoms with van der Waals surface area (Å²) in [6, 6.07) is 5.30. The van der Waals surface area contributed by atoms with Crippen molar-refractivity contribution in [2.24, 2.45) is 5.41 Å². The van der Waals surface area contributed by atoms with Gasteiger partial charge in [0.1, 0.15) is 0 Å². The summed E-state index contributed by atoms with van der Waals surface area (Å²) in [7, 11) is 0. The first-order chi connectivity index (χ1) is 9.36. The topological polar surface area (TPSA) is 57.6 Å². The quantitative estimate of drug-likeness (QED) is 0.922. The minimum atomic E-state index is -0.893. The van der Waals surface area contributed by atoms with Crippen LogP contribution < -0.4 is 0 Å². The lowest BCUT2D eigenvalue weighted by Gasteiger charge is -2.35. The standard InChI is InChI=1S/C16H21NO3/c1-4-16(2,3)15(20)17-9-8-12-11(10-17)6-5-7-13(12)14(18)19/h5-7H,4,8-10H2,1-3H3,(H,18,19). The van der Waals surface area contributed by atoms with Crippen molar-refractivity contribution in [2.75, 3.05) is 6.54 Å². The van der Waals surface area contributed by atoms with Gasteiger partial charge in [-0.3, -0.25) is 4.79 Å². The number of benzene rings is 1. The van der Waals surface area contributed by atoms with Crippen molar-refractivity contribution in [3.8, 4) is 0 Å². The third-order valence-corrected chi connectivity index (χ3v) is 4.25. The van der Waals surface area contributed by atoms with Gasteiger partial charge in [-0.15, -0.1) is 0 Å². The van der Waals surface area contributed by atoms with E-state index in [0.29, 0.717) is 25.1 Å². The number of nitrogens with zero attached hydrogens (tertiary/aromatic N) is 1. The highest BCUT2D eigenvalue weighted by Crippen LogP contribution is 2.28. The summed E-state index contributed by atoms with van der Waals surface area (Å²) in [4.78, 5) is 25.5. The summed E-state index contributed by atoms with van der Waals surface area (Å²) >= 11 is 0. The van der Waals surface area contributed by atoms with E-state index in [1.807, 2.05) is 31.7 Å². The Morgan fingerprint density at radius 2 is 2.05 bits per heavy atom. The molecule has 0 bridgehead atoms. The molecule has 0 aromatic heterocycles. The molecular weight excluding hydrogens is 254 g/mol. The van der Waals surface area contributed by atoms with Gasteiger partial charge in [0.15, 0.2) is 0 Å². The maximum Gasteiger partial charge on any atom is 0.335 e. The van der Waals surface area contributed by atoms with E-state index in [4.69, 9.17) is 0 Å². The van der Waals surface area contributed by atoms with E-state index in [0.717, 1.165) is 17.5 Å². The van der Waals surface area contributed by atoms with Gasteiger partial charge in [-0.25, -0.2) is 4.79 Å². The largest absolute Gasteiger partial charge is 0.478 e. The molecule has 0 fully saturated rings. The van der Waals surface area contributed by atoms with Crippen LogP contribution in [0.3, 0.4) is 0 Å². The fourth-order valence-electron chi connectivity index (χ4n) is 2.56. The molecule has 0 unspecified atom stereocenters. The summed E-state index contributed by atoms with van der Waals surface area (Å²) in [5.74, 6) is -0.748. The molecule has 0 aliphatic carbocycles. The van der Waals surface area contributed by atoms with Crippen LogP contribution in [-0.2, 0) is 17.8 Å². The minimum Gasteiger partial charge on any atom is -0.478 e. The van der Waals surface area contributed by atoms with Crippen LogP contribution in [-0.4, -0.2) is 28.4 Å². The van der Waals surface area contributed by atoms with Crippen molar-refractivity contribution in [1.29, 1.82) is 0 Å². The fraction of sp³-hybridized carbons (Fsp3) is 0.500. The number of carbonyl (C=O) groups is 2. The summed E-state index contributed by atoms with van der Waals surface area (Å²) < 4.78 is 0. The normalized spacial score (nSPS) is 14.8. The molecule has 1 amide bonds. The zero-order chi connectivity index (χ0) is 14.9. The number of hydrogen-bond acceptors (Lipinski definition) is 2. The molecule has 2 rings (SSSR count). The lowest BCUT2D eigenvalue weighted by molar-refractivity contribution is -0.141. The number of carbonyl (C=O) groups excluding carboxylic acids is 1. The number of hydrogen-bond donors (Lipinski definition) is 1. The van der Waals surface area contributed by atoms with E-state index in [1.54, 1.807) is 12.1 Å². The zero-order valence-corrected chi connectivity index (χ0v) is 12.3. The van der Waals surface area contributed by atoms with Crippen LogP contribution in [0.2, 0.25) is 0 Å². The van der Waals surface area contributed by atoms with Gasteiger partial charge in [0.2, 0.25) is 5.91 Å². The van der Waals surface area contributed by atoms with Crippen LogP contribution in [0.25, 0.3) is 0 Å². The number of carboxylic acids is 1. The van der Waals surface area contributed by atoms with Crippen LogP contribution in [0, 0.1) is 5.41 Å². The van der Waals surface area contributed by atoms with Crippen LogP contribution in [0.15, 0.2) is 18.2 Å². The molecular formula is C16H21NO3. The van der Waals surface area contributed by atoms with Gasteiger partial charge in [0, 0.05) is 18.5 Å². The van der Waals surface area contributed by atoms with Crippen molar-refractivity contribution < 1.29 is 14.7 Å². The summed E-state index contributed by atoms with van der Waals surface area (Å²) in [5, 5.41) is 9.20. The van der Waals surface area contributed by atoms with E-state index in [9.17, 15) is 14.7 Å². The summed E-state index contributed by atoms with van der Waals surface area (Å²) in [5.41, 5.74) is 1.83. The smallest absolute Gasteiger partial charge is 0.335 e. The van der Waals surface area contributed by atoms with Crippen LogP contribution in [0.4, 0.5) is 0 Å². The van der Waals surface area contributed by atoms with Crippen molar-refractivity contribution in [1.82, 2.24) is 4.90 Å². The Morgan fingerprint density at radius 1 is 1.35 bits per heavy atom. The van der Waals surface area contributed by atoms with Gasteiger partial charge >= 0.3 is 5.97 Å². The monoisotopic (exact) mass is 275 g/mol. The Morgan fingerprint density at radius 3 is 2.65 bits per heavy atom. The highest BCUT2D eigenvalue weighted by Gasteiger charge is 2.32. The van der Waals surface area contributed by atoms with Crippen molar-refractivity contribution in [3.05, 3.63) is 34.9 Å². The second-order valence-electron chi connectivity index (χ2n) is 5.96. The van der Waals surface area contributed by atoms with Crippen molar-refractivity contribution in [2.45, 2.75) is 40.2 Å². The van der Waals surface area contributed by atoms with Crippen molar-refractivity contribution >= 4 is 11.9 Å². The van der Waals surface area contributed by atoms with Gasteiger partial charge in [-0.2, -0.15) is 0 Å². The van der Waals surface area contributed by atoms with Gasteiger partial charge in [-0.1, -0.05) is 32.9 Å². The Kier molecular flexibility index (Phi) is 3.84. The molecule has 0 spiro atoms. The van der Waals surface area contributed by atoms with E-state index < -0.39 is 5.97 Å².